The fourth-order valence-corrected chi connectivity index (χ4v) is 5.39. The fraction of sp³-hybridized carbons (Fsp3) is 0.682. The standard InChI is InChI=1S/C22H30F2N2O2/c1-28-11-10-26-9-3-8-21(20(26)27)14-22(23,24)16-25(15-21)13-17-6-7-18-4-2-5-19(18)12-17/h6-7,12H,2-5,8-11,13-16H2,1H3. The van der Waals surface area contributed by atoms with E-state index in [1.807, 2.05) is 0 Å². The number of nitrogens with zero attached hydrogens (tertiary/aromatic N) is 2. The Morgan fingerprint density at radius 1 is 1.14 bits per heavy atom. The normalized spacial score (nSPS) is 27.4. The average Bonchev–Trinajstić information content (AvgIpc) is 3.09. The molecule has 28 heavy (non-hydrogen) atoms. The van der Waals surface area contributed by atoms with Crippen molar-refractivity contribution in [3.63, 3.8) is 0 Å². The molecule has 154 valence electrons. The Labute approximate surface area is 165 Å². The predicted octanol–water partition coefficient (Wildman–Crippen LogP) is 3.27. The Morgan fingerprint density at radius 2 is 1.96 bits per heavy atom. The Morgan fingerprint density at radius 3 is 2.79 bits per heavy atom. The summed E-state index contributed by atoms with van der Waals surface area (Å²) in [5.41, 5.74) is 2.86. The quantitative estimate of drug-likeness (QED) is 0.771. The second-order valence-electron chi connectivity index (χ2n) is 8.80. The van der Waals surface area contributed by atoms with Crippen molar-refractivity contribution in [1.29, 1.82) is 0 Å². The Balaban J connectivity index is 1.52. The number of carbonyl (C=O) groups is 1. The summed E-state index contributed by atoms with van der Waals surface area (Å²) in [7, 11) is 1.59. The van der Waals surface area contributed by atoms with Gasteiger partial charge in [-0.15, -0.1) is 0 Å². The van der Waals surface area contributed by atoms with Crippen molar-refractivity contribution in [2.24, 2.45) is 5.41 Å². The van der Waals surface area contributed by atoms with Gasteiger partial charge in [0.1, 0.15) is 0 Å². The minimum absolute atomic E-state index is 0.117. The Hall–Kier alpha value is -1.53. The van der Waals surface area contributed by atoms with E-state index >= 15 is 0 Å². The molecule has 0 aromatic heterocycles. The fourth-order valence-electron chi connectivity index (χ4n) is 5.39. The number of piperidine rings is 2. The number of hydrogen-bond acceptors (Lipinski definition) is 3. The molecule has 0 saturated carbocycles. The predicted molar refractivity (Wildman–Crippen MR) is 103 cm³/mol. The van der Waals surface area contributed by atoms with Crippen molar-refractivity contribution >= 4 is 5.91 Å². The molecular formula is C22H30F2N2O2. The summed E-state index contributed by atoms with van der Waals surface area (Å²) in [5.74, 6) is -2.95. The zero-order valence-electron chi connectivity index (χ0n) is 16.7. The monoisotopic (exact) mass is 392 g/mol. The van der Waals surface area contributed by atoms with Crippen molar-refractivity contribution < 1.29 is 18.3 Å². The summed E-state index contributed by atoms with van der Waals surface area (Å²) in [5, 5.41) is 0. The number of methoxy groups -OCH3 is 1. The number of ether oxygens (including phenoxy) is 1. The van der Waals surface area contributed by atoms with Gasteiger partial charge in [0.05, 0.1) is 18.6 Å². The van der Waals surface area contributed by atoms with E-state index in [4.69, 9.17) is 4.74 Å². The van der Waals surface area contributed by atoms with Gasteiger partial charge in [0.25, 0.3) is 5.92 Å². The highest BCUT2D eigenvalue weighted by molar-refractivity contribution is 5.84. The smallest absolute Gasteiger partial charge is 0.261 e. The van der Waals surface area contributed by atoms with Crippen LogP contribution < -0.4 is 0 Å². The van der Waals surface area contributed by atoms with Crippen LogP contribution in [0.5, 0.6) is 0 Å². The largest absolute Gasteiger partial charge is 0.383 e. The number of rotatable bonds is 5. The molecule has 3 aliphatic rings. The first-order valence-corrected chi connectivity index (χ1v) is 10.4. The van der Waals surface area contributed by atoms with Gasteiger partial charge in [-0.2, -0.15) is 0 Å². The Kier molecular flexibility index (Phi) is 5.45. The number of halogens is 2. The van der Waals surface area contributed by atoms with Crippen molar-refractivity contribution in [2.75, 3.05) is 39.9 Å². The van der Waals surface area contributed by atoms with Crippen LogP contribution in [-0.4, -0.2) is 61.5 Å². The van der Waals surface area contributed by atoms with Gasteiger partial charge in [-0.05, 0) is 48.8 Å². The summed E-state index contributed by atoms with van der Waals surface area (Å²) in [6.07, 6.45) is 4.37. The molecular weight excluding hydrogens is 362 g/mol. The van der Waals surface area contributed by atoms with Crippen LogP contribution >= 0.6 is 0 Å². The number of hydrogen-bond donors (Lipinski definition) is 0. The lowest BCUT2D eigenvalue weighted by Crippen LogP contribution is -2.61. The van der Waals surface area contributed by atoms with Gasteiger partial charge in [0.15, 0.2) is 0 Å². The number of benzene rings is 1. The third-order valence-electron chi connectivity index (χ3n) is 6.54. The molecule has 2 fully saturated rings. The van der Waals surface area contributed by atoms with Crippen LogP contribution in [0.3, 0.4) is 0 Å². The van der Waals surface area contributed by atoms with Gasteiger partial charge in [-0.25, -0.2) is 8.78 Å². The summed E-state index contributed by atoms with van der Waals surface area (Å²) in [6.45, 7) is 2.19. The molecule has 1 amide bonds. The minimum atomic E-state index is -2.84. The van der Waals surface area contributed by atoms with Gasteiger partial charge < -0.3 is 9.64 Å². The van der Waals surface area contributed by atoms with E-state index in [1.54, 1.807) is 16.9 Å². The third-order valence-corrected chi connectivity index (χ3v) is 6.54. The van der Waals surface area contributed by atoms with E-state index < -0.39 is 11.3 Å². The number of amides is 1. The van der Waals surface area contributed by atoms with Crippen molar-refractivity contribution in [1.82, 2.24) is 9.80 Å². The van der Waals surface area contributed by atoms with Gasteiger partial charge in [0.2, 0.25) is 5.91 Å². The first kappa shape index (κ1) is 19.8. The summed E-state index contributed by atoms with van der Waals surface area (Å²) < 4.78 is 34.5. The molecule has 2 aliphatic heterocycles. The lowest BCUT2D eigenvalue weighted by Gasteiger charge is -2.49. The lowest BCUT2D eigenvalue weighted by molar-refractivity contribution is -0.170. The molecule has 1 atom stereocenters. The first-order chi connectivity index (χ1) is 13.4. The van der Waals surface area contributed by atoms with E-state index in [1.165, 1.54) is 17.5 Å². The van der Waals surface area contributed by atoms with E-state index in [0.29, 0.717) is 39.2 Å². The maximum absolute atomic E-state index is 14.7. The van der Waals surface area contributed by atoms with E-state index in [-0.39, 0.29) is 18.9 Å². The zero-order valence-corrected chi connectivity index (χ0v) is 16.7. The molecule has 4 rings (SSSR count). The van der Waals surface area contributed by atoms with Gasteiger partial charge in [-0.3, -0.25) is 9.69 Å². The van der Waals surface area contributed by atoms with Crippen LogP contribution in [0.25, 0.3) is 0 Å². The van der Waals surface area contributed by atoms with Gasteiger partial charge in [-0.1, -0.05) is 18.2 Å². The van der Waals surface area contributed by atoms with Gasteiger partial charge >= 0.3 is 0 Å². The van der Waals surface area contributed by atoms with Crippen molar-refractivity contribution in [3.8, 4) is 0 Å². The number of aryl methyl sites for hydroxylation is 2. The first-order valence-electron chi connectivity index (χ1n) is 10.4. The summed E-state index contributed by atoms with van der Waals surface area (Å²) >= 11 is 0. The van der Waals surface area contributed by atoms with Crippen LogP contribution in [-0.2, 0) is 28.9 Å². The van der Waals surface area contributed by atoms with Crippen LogP contribution in [0.2, 0.25) is 0 Å². The Bertz CT molecular complexity index is 739. The topological polar surface area (TPSA) is 32.8 Å². The molecule has 2 heterocycles. The minimum Gasteiger partial charge on any atom is -0.383 e. The molecule has 1 aliphatic carbocycles. The molecule has 1 aromatic carbocycles. The van der Waals surface area contributed by atoms with E-state index in [9.17, 15) is 13.6 Å². The SMILES string of the molecule is COCCN1CCCC2(CN(Cc3ccc4c(c3)CCC4)CC(F)(F)C2)C1=O. The highest BCUT2D eigenvalue weighted by Gasteiger charge is 2.54. The van der Waals surface area contributed by atoms with Crippen LogP contribution in [0, 0.1) is 5.41 Å². The van der Waals surface area contributed by atoms with Gasteiger partial charge in [0, 0.05) is 39.7 Å². The zero-order chi connectivity index (χ0) is 19.8. The summed E-state index contributed by atoms with van der Waals surface area (Å²) in [4.78, 5) is 16.7. The highest BCUT2D eigenvalue weighted by atomic mass is 19.3. The average molecular weight is 392 g/mol. The second-order valence-corrected chi connectivity index (χ2v) is 8.80. The molecule has 0 bridgehead atoms. The second kappa shape index (κ2) is 7.71. The summed E-state index contributed by atoms with van der Waals surface area (Å²) in [6, 6.07) is 6.39. The molecule has 2 saturated heterocycles. The molecule has 1 spiro atoms. The van der Waals surface area contributed by atoms with E-state index in [0.717, 1.165) is 24.8 Å². The highest BCUT2D eigenvalue weighted by Crippen LogP contribution is 2.45. The van der Waals surface area contributed by atoms with Crippen LogP contribution in [0.4, 0.5) is 8.78 Å². The number of alkyl halides is 2. The number of fused-ring (bicyclic) bond motifs is 1. The molecule has 6 heteroatoms. The maximum Gasteiger partial charge on any atom is 0.261 e. The molecule has 0 N–H and O–H groups in total. The van der Waals surface area contributed by atoms with E-state index in [2.05, 4.69) is 18.2 Å². The molecule has 1 unspecified atom stereocenters. The number of likely N-dealkylation sites (tertiary alicyclic amines) is 2. The lowest BCUT2D eigenvalue weighted by atomic mass is 9.71. The van der Waals surface area contributed by atoms with Crippen LogP contribution in [0.15, 0.2) is 18.2 Å². The maximum atomic E-state index is 14.7. The van der Waals surface area contributed by atoms with Crippen LogP contribution in [0.1, 0.15) is 42.4 Å². The third kappa shape index (κ3) is 3.94. The number of carbonyl (C=O) groups excluding carboxylic acids is 1. The van der Waals surface area contributed by atoms with Crippen molar-refractivity contribution in [2.45, 2.75) is 51.0 Å². The molecule has 1 aromatic rings. The molecule has 0 radical (unpaired) electrons. The van der Waals surface area contributed by atoms with Crippen molar-refractivity contribution in [3.05, 3.63) is 34.9 Å². The molecule has 4 nitrogen and oxygen atoms in total.